The van der Waals surface area contributed by atoms with Crippen LogP contribution in [-0.4, -0.2) is 49.7 Å². The van der Waals surface area contributed by atoms with Crippen LogP contribution in [0.1, 0.15) is 24.3 Å². The van der Waals surface area contributed by atoms with Crippen molar-refractivity contribution in [2.75, 3.05) is 32.8 Å². The summed E-state index contributed by atoms with van der Waals surface area (Å²) in [7, 11) is -5.50. The second kappa shape index (κ2) is 8.62. The second-order valence-corrected chi connectivity index (χ2v) is 8.36. The first-order valence-corrected chi connectivity index (χ1v) is 10.6. The Hall–Kier alpha value is -1.16. The minimum Gasteiger partial charge on any atom is -0.496 e. The predicted molar refractivity (Wildman–Crippen MR) is 86.6 cm³/mol. The minimum absolute atomic E-state index is 0.000420. The van der Waals surface area contributed by atoms with Gasteiger partial charge in [-0.05, 0) is 30.4 Å². The average molecular weight is 366 g/mol. The van der Waals surface area contributed by atoms with Gasteiger partial charge in [-0.25, -0.2) is 0 Å². The van der Waals surface area contributed by atoms with E-state index in [0.29, 0.717) is 18.6 Å². The van der Waals surface area contributed by atoms with Crippen LogP contribution in [0.15, 0.2) is 24.3 Å². The Kier molecular flexibility index (Phi) is 7.46. The van der Waals surface area contributed by atoms with Crippen LogP contribution in [0, 0.1) is 0 Å². The van der Waals surface area contributed by atoms with E-state index in [1.54, 1.807) is 6.07 Å². The normalized spacial score (nSPS) is 12.5. The molecule has 1 aromatic carbocycles. The van der Waals surface area contributed by atoms with Gasteiger partial charge in [0.25, 0.3) is 20.2 Å². The Morgan fingerprint density at radius 1 is 0.913 bits per heavy atom. The third kappa shape index (κ3) is 8.31. The number of hydrogen-bond donors (Lipinski definition) is 0. The van der Waals surface area contributed by atoms with Crippen LogP contribution < -0.4 is 4.74 Å². The maximum atomic E-state index is 11.1. The van der Waals surface area contributed by atoms with E-state index in [0.717, 1.165) is 18.1 Å². The van der Waals surface area contributed by atoms with Crippen molar-refractivity contribution in [1.29, 1.82) is 0 Å². The van der Waals surface area contributed by atoms with Gasteiger partial charge in [-0.1, -0.05) is 18.2 Å². The van der Waals surface area contributed by atoms with E-state index < -0.39 is 20.2 Å². The molecule has 7 nitrogen and oxygen atoms in total. The lowest BCUT2D eigenvalue weighted by Gasteiger charge is -2.19. The van der Waals surface area contributed by atoms with E-state index in [2.05, 4.69) is 0 Å². The van der Waals surface area contributed by atoms with Gasteiger partial charge >= 0.3 is 0 Å². The summed E-state index contributed by atoms with van der Waals surface area (Å²) in [4.78, 5) is 0. The maximum absolute atomic E-state index is 11.1. The molecule has 0 N–H and O–H groups in total. The molecule has 0 unspecified atom stereocenters. The van der Waals surface area contributed by atoms with E-state index in [1.165, 1.54) is 7.11 Å². The number of benzene rings is 1. The molecule has 0 saturated heterocycles. The molecule has 1 rings (SSSR count). The Bertz CT molecular complexity index is 658. The molecule has 1 aromatic rings. The number of hydrogen-bond acceptors (Lipinski definition) is 7. The summed E-state index contributed by atoms with van der Waals surface area (Å²) in [5, 5.41) is 0. The quantitative estimate of drug-likeness (QED) is 0.579. The van der Waals surface area contributed by atoms with Crippen molar-refractivity contribution in [2.45, 2.75) is 18.8 Å². The monoisotopic (exact) mass is 366 g/mol. The molecule has 0 amide bonds. The zero-order chi connectivity index (χ0) is 17.5. The average Bonchev–Trinajstić information content (AvgIpc) is 2.43. The smallest absolute Gasteiger partial charge is 0.264 e. The van der Waals surface area contributed by atoms with E-state index >= 15 is 0 Å². The van der Waals surface area contributed by atoms with Crippen LogP contribution in [0.3, 0.4) is 0 Å². The van der Waals surface area contributed by atoms with E-state index in [1.807, 2.05) is 18.2 Å². The van der Waals surface area contributed by atoms with Gasteiger partial charge in [-0.3, -0.25) is 8.37 Å². The van der Waals surface area contributed by atoms with Gasteiger partial charge in [0.2, 0.25) is 0 Å². The lowest BCUT2D eigenvalue weighted by Crippen LogP contribution is -2.13. The van der Waals surface area contributed by atoms with E-state index in [4.69, 9.17) is 13.1 Å². The number of methoxy groups -OCH3 is 1. The van der Waals surface area contributed by atoms with Gasteiger partial charge < -0.3 is 4.74 Å². The highest BCUT2D eigenvalue weighted by Crippen LogP contribution is 2.31. The molecule has 132 valence electrons. The molecule has 0 bridgehead atoms. The van der Waals surface area contributed by atoms with Crippen LogP contribution >= 0.6 is 0 Å². The molecule has 0 radical (unpaired) electrons. The first-order chi connectivity index (χ1) is 10.6. The Balaban J connectivity index is 2.82. The van der Waals surface area contributed by atoms with E-state index in [-0.39, 0.29) is 19.1 Å². The molecule has 23 heavy (non-hydrogen) atoms. The lowest BCUT2D eigenvalue weighted by molar-refractivity contribution is 0.269. The topological polar surface area (TPSA) is 96.0 Å². The van der Waals surface area contributed by atoms with Gasteiger partial charge in [0, 0.05) is 0 Å². The summed E-state index contributed by atoms with van der Waals surface area (Å²) >= 11 is 0. The molecule has 0 fully saturated rings. The number of ether oxygens (including phenoxy) is 1. The van der Waals surface area contributed by atoms with Crippen molar-refractivity contribution < 1.29 is 29.9 Å². The van der Waals surface area contributed by atoms with Gasteiger partial charge in [0.15, 0.2) is 0 Å². The number of rotatable bonds is 10. The molecule has 0 aliphatic carbocycles. The summed E-state index contributed by atoms with van der Waals surface area (Å²) < 4.78 is 59.1. The molecular formula is C14H22O7S2. The predicted octanol–water partition coefficient (Wildman–Crippen LogP) is 1.51. The van der Waals surface area contributed by atoms with Crippen LogP contribution in [0.25, 0.3) is 0 Å². The largest absolute Gasteiger partial charge is 0.496 e. The van der Waals surface area contributed by atoms with Crippen LogP contribution in [0.4, 0.5) is 0 Å². The summed E-state index contributed by atoms with van der Waals surface area (Å²) in [5.74, 6) is 0.492. The Labute approximate surface area is 137 Å². The van der Waals surface area contributed by atoms with Gasteiger partial charge in [-0.2, -0.15) is 16.8 Å². The zero-order valence-corrected chi connectivity index (χ0v) is 15.0. The molecule has 0 saturated carbocycles. The first kappa shape index (κ1) is 19.9. The molecular weight excluding hydrogens is 344 g/mol. The highest BCUT2D eigenvalue weighted by Gasteiger charge is 2.18. The molecule has 9 heteroatoms. The molecule has 0 aliphatic rings. The zero-order valence-electron chi connectivity index (χ0n) is 13.4. The summed E-state index contributed by atoms with van der Waals surface area (Å²) in [6, 6.07) is 7.29. The van der Waals surface area contributed by atoms with Crippen molar-refractivity contribution in [2.24, 2.45) is 0 Å². The summed E-state index contributed by atoms with van der Waals surface area (Å²) in [5.41, 5.74) is 0.851. The molecule has 0 spiro atoms. The number of para-hydroxylation sites is 1. The van der Waals surface area contributed by atoms with Crippen LogP contribution in [0.2, 0.25) is 0 Å². The fraction of sp³-hybridized carbons (Fsp3) is 0.571. The third-order valence-electron chi connectivity index (χ3n) is 3.11. The highest BCUT2D eigenvalue weighted by molar-refractivity contribution is 7.86. The lowest BCUT2D eigenvalue weighted by atomic mass is 9.92. The maximum Gasteiger partial charge on any atom is 0.264 e. The first-order valence-electron chi connectivity index (χ1n) is 6.94. The molecule has 0 heterocycles. The van der Waals surface area contributed by atoms with Crippen molar-refractivity contribution in [3.05, 3.63) is 29.8 Å². The van der Waals surface area contributed by atoms with Crippen molar-refractivity contribution >= 4 is 20.2 Å². The van der Waals surface area contributed by atoms with E-state index in [9.17, 15) is 16.8 Å². The van der Waals surface area contributed by atoms with Crippen molar-refractivity contribution in [1.82, 2.24) is 0 Å². The second-order valence-electron chi connectivity index (χ2n) is 5.07. The van der Waals surface area contributed by atoms with Crippen molar-refractivity contribution in [3.8, 4) is 5.75 Å². The molecule has 0 atom stereocenters. The summed E-state index contributed by atoms with van der Waals surface area (Å²) in [6.45, 7) is 0.000840. The SMILES string of the molecule is COc1ccccc1C(CCOS(C)(=O)=O)CCOS(C)(=O)=O. The van der Waals surface area contributed by atoms with Crippen LogP contribution in [-0.2, 0) is 28.6 Å². The highest BCUT2D eigenvalue weighted by atomic mass is 32.2. The van der Waals surface area contributed by atoms with Crippen molar-refractivity contribution in [3.63, 3.8) is 0 Å². The summed E-state index contributed by atoms with van der Waals surface area (Å²) in [6.07, 6.45) is 2.75. The van der Waals surface area contributed by atoms with Crippen LogP contribution in [0.5, 0.6) is 5.75 Å². The standard InChI is InChI=1S/C14H22O7S2/c1-19-14-7-5-4-6-13(14)12(8-10-20-22(2,15)16)9-11-21-23(3,17)18/h4-7,12H,8-11H2,1-3H3. The van der Waals surface area contributed by atoms with Gasteiger partial charge in [-0.15, -0.1) is 0 Å². The Morgan fingerprint density at radius 2 is 1.39 bits per heavy atom. The minimum atomic E-state index is -3.52. The third-order valence-corrected chi connectivity index (χ3v) is 4.30. The fourth-order valence-corrected chi connectivity index (χ4v) is 2.94. The molecule has 0 aromatic heterocycles. The fourth-order valence-electron chi connectivity index (χ4n) is 2.14. The van der Waals surface area contributed by atoms with Gasteiger partial charge in [0.05, 0.1) is 32.8 Å². The Morgan fingerprint density at radius 3 is 1.83 bits per heavy atom. The molecule has 0 aliphatic heterocycles. The van der Waals surface area contributed by atoms with Gasteiger partial charge in [0.1, 0.15) is 5.75 Å².